The summed E-state index contributed by atoms with van der Waals surface area (Å²) < 4.78 is 14.6. The molecule has 0 aliphatic carbocycles. The fraction of sp³-hybridized carbons (Fsp3) is 0.520. The van der Waals surface area contributed by atoms with E-state index in [4.69, 9.17) is 9.47 Å². The Bertz CT molecular complexity index is 1260. The molecule has 4 rings (SSSR count). The van der Waals surface area contributed by atoms with Crippen LogP contribution in [0.3, 0.4) is 0 Å². The molecule has 2 aromatic heterocycles. The minimum atomic E-state index is -0.601. The van der Waals surface area contributed by atoms with Gasteiger partial charge in [-0.1, -0.05) is 36.8 Å². The summed E-state index contributed by atoms with van der Waals surface area (Å²) in [5.74, 6) is -0.601. The SMILES string of the molecule is COCCn1cnc2c1c(=O)n(CC(=O)OCCC1CCCCN1C)c(=O)n2Cc1ccccc1. The van der Waals surface area contributed by atoms with E-state index in [-0.39, 0.29) is 24.3 Å². The predicted octanol–water partition coefficient (Wildman–Crippen LogP) is 1.47. The second-order valence-electron chi connectivity index (χ2n) is 8.99. The summed E-state index contributed by atoms with van der Waals surface area (Å²) in [6.07, 6.45) is 5.71. The fourth-order valence-corrected chi connectivity index (χ4v) is 4.64. The quantitative estimate of drug-likeness (QED) is 0.403. The minimum absolute atomic E-state index is 0.223. The van der Waals surface area contributed by atoms with E-state index >= 15 is 0 Å². The molecule has 1 saturated heterocycles. The first-order valence-electron chi connectivity index (χ1n) is 12.1. The highest BCUT2D eigenvalue weighted by atomic mass is 16.5. The zero-order valence-corrected chi connectivity index (χ0v) is 20.4. The van der Waals surface area contributed by atoms with E-state index < -0.39 is 23.8 Å². The smallest absolute Gasteiger partial charge is 0.333 e. The molecule has 1 aromatic carbocycles. The Morgan fingerprint density at radius 2 is 1.91 bits per heavy atom. The molecule has 1 atom stereocenters. The maximum absolute atomic E-state index is 13.4. The number of piperidine rings is 1. The molecule has 1 fully saturated rings. The average molecular weight is 484 g/mol. The highest BCUT2D eigenvalue weighted by molar-refractivity contribution is 5.72. The van der Waals surface area contributed by atoms with Crippen LogP contribution < -0.4 is 11.2 Å². The number of fused-ring (bicyclic) bond motifs is 1. The molecule has 3 aromatic rings. The monoisotopic (exact) mass is 483 g/mol. The number of aromatic nitrogens is 4. The molecule has 10 heteroatoms. The molecular weight excluding hydrogens is 450 g/mol. The largest absolute Gasteiger partial charge is 0.464 e. The van der Waals surface area contributed by atoms with Crippen molar-refractivity contribution in [3.05, 3.63) is 63.1 Å². The third-order valence-electron chi connectivity index (χ3n) is 6.63. The van der Waals surface area contributed by atoms with Gasteiger partial charge in [0, 0.05) is 19.7 Å². The normalized spacial score (nSPS) is 16.6. The number of imidazole rings is 1. The number of benzene rings is 1. The van der Waals surface area contributed by atoms with E-state index in [2.05, 4.69) is 16.9 Å². The van der Waals surface area contributed by atoms with Crippen molar-refractivity contribution in [1.29, 1.82) is 0 Å². The number of nitrogens with zero attached hydrogens (tertiary/aromatic N) is 5. The third kappa shape index (κ3) is 5.71. The van der Waals surface area contributed by atoms with Gasteiger partial charge in [-0.2, -0.15) is 0 Å². The van der Waals surface area contributed by atoms with Gasteiger partial charge in [-0.25, -0.2) is 14.3 Å². The predicted molar refractivity (Wildman–Crippen MR) is 132 cm³/mol. The molecule has 1 aliphatic heterocycles. The number of carbonyl (C=O) groups is 1. The first-order chi connectivity index (χ1) is 17.0. The van der Waals surface area contributed by atoms with Gasteiger partial charge in [0.15, 0.2) is 11.2 Å². The molecule has 10 nitrogen and oxygen atoms in total. The summed E-state index contributed by atoms with van der Waals surface area (Å²) in [4.78, 5) is 46.0. The van der Waals surface area contributed by atoms with Crippen molar-refractivity contribution in [3.63, 3.8) is 0 Å². The third-order valence-corrected chi connectivity index (χ3v) is 6.63. The molecular formula is C25H33N5O5. The molecule has 0 spiro atoms. The molecule has 0 radical (unpaired) electrons. The Kier molecular flexibility index (Phi) is 8.14. The zero-order valence-electron chi connectivity index (χ0n) is 20.4. The van der Waals surface area contributed by atoms with Gasteiger partial charge < -0.3 is 18.9 Å². The van der Waals surface area contributed by atoms with Gasteiger partial charge >= 0.3 is 11.7 Å². The van der Waals surface area contributed by atoms with E-state index in [0.29, 0.717) is 19.2 Å². The zero-order chi connectivity index (χ0) is 24.8. The lowest BCUT2D eigenvalue weighted by atomic mass is 10.0. The Balaban J connectivity index is 1.60. The van der Waals surface area contributed by atoms with Crippen molar-refractivity contribution in [2.45, 2.75) is 51.4 Å². The van der Waals surface area contributed by atoms with Crippen LogP contribution in [-0.4, -0.2) is 69.5 Å². The summed E-state index contributed by atoms with van der Waals surface area (Å²) in [5.41, 5.74) is 0.269. The van der Waals surface area contributed by atoms with Gasteiger partial charge in [-0.05, 0) is 38.4 Å². The number of methoxy groups -OCH3 is 1. The first-order valence-corrected chi connectivity index (χ1v) is 12.1. The van der Waals surface area contributed by atoms with Crippen LogP contribution in [0, 0.1) is 0 Å². The van der Waals surface area contributed by atoms with E-state index in [9.17, 15) is 14.4 Å². The Morgan fingerprint density at radius 3 is 2.66 bits per heavy atom. The molecule has 0 amide bonds. The van der Waals surface area contributed by atoms with Crippen LogP contribution in [0.25, 0.3) is 11.2 Å². The van der Waals surface area contributed by atoms with Gasteiger partial charge in [0.2, 0.25) is 0 Å². The lowest BCUT2D eigenvalue weighted by Gasteiger charge is -2.32. The highest BCUT2D eigenvalue weighted by Crippen LogP contribution is 2.17. The van der Waals surface area contributed by atoms with Crippen molar-refractivity contribution >= 4 is 17.1 Å². The van der Waals surface area contributed by atoms with E-state index in [0.717, 1.165) is 29.5 Å². The molecule has 0 bridgehead atoms. The fourth-order valence-electron chi connectivity index (χ4n) is 4.64. The van der Waals surface area contributed by atoms with Crippen molar-refractivity contribution in [2.75, 3.05) is 33.9 Å². The van der Waals surface area contributed by atoms with Crippen molar-refractivity contribution in [1.82, 2.24) is 23.6 Å². The van der Waals surface area contributed by atoms with Crippen LogP contribution >= 0.6 is 0 Å². The minimum Gasteiger partial charge on any atom is -0.464 e. The molecule has 3 heterocycles. The molecule has 0 saturated carbocycles. The summed E-state index contributed by atoms with van der Waals surface area (Å²) >= 11 is 0. The average Bonchev–Trinajstić information content (AvgIpc) is 3.29. The van der Waals surface area contributed by atoms with Crippen LogP contribution in [-0.2, 0) is 33.9 Å². The number of hydrogen-bond donors (Lipinski definition) is 0. The number of rotatable bonds is 10. The molecule has 1 unspecified atom stereocenters. The maximum Gasteiger partial charge on any atom is 0.333 e. The van der Waals surface area contributed by atoms with Crippen LogP contribution in [0.4, 0.5) is 0 Å². The van der Waals surface area contributed by atoms with Crippen molar-refractivity contribution in [2.24, 2.45) is 0 Å². The maximum atomic E-state index is 13.4. The van der Waals surface area contributed by atoms with Crippen LogP contribution in [0.15, 0.2) is 46.2 Å². The van der Waals surface area contributed by atoms with Gasteiger partial charge in [0.1, 0.15) is 6.54 Å². The number of carbonyl (C=O) groups excluding carboxylic acids is 1. The molecule has 188 valence electrons. The second-order valence-corrected chi connectivity index (χ2v) is 8.99. The molecule has 35 heavy (non-hydrogen) atoms. The topological polar surface area (TPSA) is 101 Å². The van der Waals surface area contributed by atoms with Crippen LogP contribution in [0.1, 0.15) is 31.2 Å². The standard InChI is InChI=1S/C25H33N5O5/c1-27-12-7-6-10-20(27)11-14-35-21(31)17-30-24(32)22-23(26-18-28(22)13-15-34-2)29(25(30)33)16-19-8-4-3-5-9-19/h3-5,8-9,18,20H,6-7,10-17H2,1-2H3. The number of esters is 1. The summed E-state index contributed by atoms with van der Waals surface area (Å²) in [6.45, 7) is 1.85. The van der Waals surface area contributed by atoms with Gasteiger partial charge in [-0.3, -0.25) is 14.2 Å². The summed E-state index contributed by atoms with van der Waals surface area (Å²) in [6, 6.07) is 9.83. The number of likely N-dealkylation sites (tertiary alicyclic amines) is 1. The first kappa shape index (κ1) is 24.9. The number of ether oxygens (including phenoxy) is 2. The van der Waals surface area contributed by atoms with Crippen molar-refractivity contribution < 1.29 is 14.3 Å². The van der Waals surface area contributed by atoms with Gasteiger partial charge in [0.25, 0.3) is 5.56 Å². The molecule has 0 N–H and O–H groups in total. The Morgan fingerprint density at radius 1 is 1.11 bits per heavy atom. The summed E-state index contributed by atoms with van der Waals surface area (Å²) in [7, 11) is 3.66. The van der Waals surface area contributed by atoms with Crippen molar-refractivity contribution in [3.8, 4) is 0 Å². The van der Waals surface area contributed by atoms with E-state index in [1.54, 1.807) is 11.7 Å². The lowest BCUT2D eigenvalue weighted by Crippen LogP contribution is -2.43. The van der Waals surface area contributed by atoms with E-state index in [1.807, 2.05) is 30.3 Å². The molecule has 1 aliphatic rings. The number of hydrogen-bond acceptors (Lipinski definition) is 7. The Labute approximate surface area is 203 Å². The van der Waals surface area contributed by atoms with E-state index in [1.165, 1.54) is 23.7 Å². The van der Waals surface area contributed by atoms with Gasteiger partial charge in [0.05, 0.1) is 26.1 Å². The van der Waals surface area contributed by atoms with Crippen LogP contribution in [0.2, 0.25) is 0 Å². The highest BCUT2D eigenvalue weighted by Gasteiger charge is 2.22. The van der Waals surface area contributed by atoms with Gasteiger partial charge in [-0.15, -0.1) is 0 Å². The van der Waals surface area contributed by atoms with Crippen LogP contribution in [0.5, 0.6) is 0 Å². The second kappa shape index (κ2) is 11.5. The Hall–Kier alpha value is -3.24. The summed E-state index contributed by atoms with van der Waals surface area (Å²) in [5, 5.41) is 0. The lowest BCUT2D eigenvalue weighted by molar-refractivity contribution is -0.145.